The molecule has 180 valence electrons. The van der Waals surface area contributed by atoms with E-state index in [1.165, 1.54) is 11.1 Å². The van der Waals surface area contributed by atoms with Crippen molar-refractivity contribution >= 4 is 18.0 Å². The summed E-state index contributed by atoms with van der Waals surface area (Å²) in [7, 11) is 0. The van der Waals surface area contributed by atoms with Gasteiger partial charge in [0.1, 0.15) is 6.61 Å². The summed E-state index contributed by atoms with van der Waals surface area (Å²) in [6, 6.07) is 15.7. The Morgan fingerprint density at radius 2 is 1.71 bits per heavy atom. The lowest BCUT2D eigenvalue weighted by Crippen LogP contribution is -2.47. The van der Waals surface area contributed by atoms with Crippen LogP contribution < -0.4 is 5.32 Å². The zero-order valence-electron chi connectivity index (χ0n) is 19.5. The monoisotopic (exact) mass is 464 g/mol. The van der Waals surface area contributed by atoms with Crippen molar-refractivity contribution in [2.45, 2.75) is 63.5 Å². The molecule has 2 aromatic rings. The van der Waals surface area contributed by atoms with Crippen LogP contribution in [-0.2, 0) is 14.3 Å². The highest BCUT2D eigenvalue weighted by molar-refractivity contribution is 5.80. The lowest BCUT2D eigenvalue weighted by atomic mass is 9.98. The van der Waals surface area contributed by atoms with Crippen molar-refractivity contribution in [3.05, 3.63) is 59.7 Å². The van der Waals surface area contributed by atoms with E-state index < -0.39 is 12.1 Å². The third-order valence-corrected chi connectivity index (χ3v) is 6.94. The molecule has 1 fully saturated rings. The molecule has 7 heteroatoms. The van der Waals surface area contributed by atoms with Crippen LogP contribution in [0.25, 0.3) is 11.1 Å². The summed E-state index contributed by atoms with van der Waals surface area (Å²) in [5.74, 6) is -1.03. The Balaban J connectivity index is 1.34. The number of carbonyl (C=O) groups excluding carboxylic acids is 2. The number of fused-ring (bicyclic) bond motifs is 3. The molecule has 4 rings (SSSR count). The molecule has 0 radical (unpaired) electrons. The first kappa shape index (κ1) is 23.8. The van der Waals surface area contributed by atoms with Crippen LogP contribution in [0.15, 0.2) is 48.5 Å². The fourth-order valence-corrected chi connectivity index (χ4v) is 5.17. The number of nitrogens with zero attached hydrogens (tertiary/aromatic N) is 1. The largest absolute Gasteiger partial charge is 0.481 e. The molecule has 1 saturated heterocycles. The van der Waals surface area contributed by atoms with Crippen molar-refractivity contribution in [3.8, 4) is 11.1 Å². The van der Waals surface area contributed by atoms with Crippen LogP contribution in [0, 0.1) is 0 Å². The third kappa shape index (κ3) is 5.24. The van der Waals surface area contributed by atoms with Gasteiger partial charge in [-0.1, -0.05) is 55.5 Å². The standard InChI is InChI=1S/C27H32N2O5/c1-2-18(15-25(30)29-14-8-7-9-19(29)16-26(31)32)28-27(33)34-17-24-22-12-5-3-10-20(22)21-11-4-6-13-23(21)24/h3-6,10-13,18-19,24H,2,7-9,14-17H2,1H3,(H,28,33)(H,31,32)/t18-,19+/m0/s1. The van der Waals surface area contributed by atoms with Crippen molar-refractivity contribution in [2.24, 2.45) is 0 Å². The van der Waals surface area contributed by atoms with Gasteiger partial charge in [-0.05, 0) is 47.9 Å². The molecule has 1 aliphatic carbocycles. The molecule has 2 atom stereocenters. The quantitative estimate of drug-likeness (QED) is 0.598. The van der Waals surface area contributed by atoms with Gasteiger partial charge in [-0.2, -0.15) is 0 Å². The molecule has 34 heavy (non-hydrogen) atoms. The number of hydrogen-bond donors (Lipinski definition) is 2. The highest BCUT2D eigenvalue weighted by atomic mass is 16.5. The Morgan fingerprint density at radius 3 is 2.32 bits per heavy atom. The van der Waals surface area contributed by atoms with Gasteiger partial charge in [0, 0.05) is 31.0 Å². The molecule has 2 aromatic carbocycles. The first-order chi connectivity index (χ1) is 16.5. The fourth-order valence-electron chi connectivity index (χ4n) is 5.17. The Labute approximate surface area is 200 Å². The number of carboxylic acids is 1. The molecule has 7 nitrogen and oxygen atoms in total. The first-order valence-corrected chi connectivity index (χ1v) is 12.1. The van der Waals surface area contributed by atoms with Crippen molar-refractivity contribution in [3.63, 3.8) is 0 Å². The van der Waals surface area contributed by atoms with E-state index in [4.69, 9.17) is 4.74 Å². The minimum Gasteiger partial charge on any atom is -0.481 e. The maximum atomic E-state index is 12.9. The van der Waals surface area contributed by atoms with Gasteiger partial charge < -0.3 is 20.1 Å². The van der Waals surface area contributed by atoms with Crippen LogP contribution >= 0.6 is 0 Å². The summed E-state index contributed by atoms with van der Waals surface area (Å²) in [5.41, 5.74) is 4.63. The molecule has 0 unspecified atom stereocenters. The number of ether oxygens (including phenoxy) is 1. The number of nitrogens with one attached hydrogen (secondary N) is 1. The van der Waals surface area contributed by atoms with E-state index in [9.17, 15) is 19.5 Å². The average molecular weight is 465 g/mol. The number of alkyl carbamates (subject to hydrolysis) is 1. The topological polar surface area (TPSA) is 95.9 Å². The van der Waals surface area contributed by atoms with Gasteiger partial charge in [0.15, 0.2) is 0 Å². The summed E-state index contributed by atoms with van der Waals surface area (Å²) >= 11 is 0. The van der Waals surface area contributed by atoms with E-state index in [1.54, 1.807) is 4.90 Å². The second kappa shape index (κ2) is 10.7. The molecule has 0 aromatic heterocycles. The second-order valence-corrected chi connectivity index (χ2v) is 9.11. The van der Waals surface area contributed by atoms with Gasteiger partial charge in [-0.15, -0.1) is 0 Å². The number of likely N-dealkylation sites (tertiary alicyclic amines) is 1. The predicted molar refractivity (Wildman–Crippen MR) is 129 cm³/mol. The molecule has 0 saturated carbocycles. The molecule has 1 aliphatic heterocycles. The number of aliphatic carboxylic acids is 1. The van der Waals surface area contributed by atoms with E-state index in [-0.39, 0.29) is 43.4 Å². The lowest BCUT2D eigenvalue weighted by Gasteiger charge is -2.36. The second-order valence-electron chi connectivity index (χ2n) is 9.11. The maximum Gasteiger partial charge on any atom is 0.407 e. The Morgan fingerprint density at radius 1 is 1.06 bits per heavy atom. The molecule has 2 N–H and O–H groups in total. The van der Waals surface area contributed by atoms with Crippen molar-refractivity contribution < 1.29 is 24.2 Å². The van der Waals surface area contributed by atoms with Crippen molar-refractivity contribution in [1.82, 2.24) is 10.2 Å². The van der Waals surface area contributed by atoms with Crippen LogP contribution in [0.4, 0.5) is 4.79 Å². The number of benzene rings is 2. The fraction of sp³-hybridized carbons (Fsp3) is 0.444. The highest BCUT2D eigenvalue weighted by Crippen LogP contribution is 2.44. The number of piperidine rings is 1. The van der Waals surface area contributed by atoms with Crippen LogP contribution in [0.5, 0.6) is 0 Å². The minimum atomic E-state index is -0.895. The van der Waals surface area contributed by atoms with Crippen LogP contribution in [0.3, 0.4) is 0 Å². The van der Waals surface area contributed by atoms with E-state index >= 15 is 0 Å². The summed E-state index contributed by atoms with van der Waals surface area (Å²) in [6.45, 7) is 2.70. The average Bonchev–Trinajstić information content (AvgIpc) is 3.16. The molecular weight excluding hydrogens is 432 g/mol. The van der Waals surface area contributed by atoms with Crippen LogP contribution in [0.2, 0.25) is 0 Å². The van der Waals surface area contributed by atoms with Gasteiger partial charge in [-0.25, -0.2) is 4.79 Å². The Kier molecular flexibility index (Phi) is 7.50. The zero-order valence-corrected chi connectivity index (χ0v) is 19.5. The number of carbonyl (C=O) groups is 3. The van der Waals surface area contributed by atoms with Crippen LogP contribution in [-0.4, -0.2) is 53.2 Å². The van der Waals surface area contributed by atoms with E-state index in [0.717, 1.165) is 24.0 Å². The summed E-state index contributed by atoms with van der Waals surface area (Å²) in [6.07, 6.45) is 2.64. The summed E-state index contributed by atoms with van der Waals surface area (Å²) in [5, 5.41) is 12.0. The highest BCUT2D eigenvalue weighted by Gasteiger charge is 2.31. The zero-order chi connectivity index (χ0) is 24.1. The van der Waals surface area contributed by atoms with Gasteiger partial charge >= 0.3 is 12.1 Å². The van der Waals surface area contributed by atoms with Crippen molar-refractivity contribution in [1.29, 1.82) is 0 Å². The van der Waals surface area contributed by atoms with E-state index in [1.807, 2.05) is 31.2 Å². The minimum absolute atomic E-state index is 0.0232. The summed E-state index contributed by atoms with van der Waals surface area (Å²) in [4.78, 5) is 38.4. The third-order valence-electron chi connectivity index (χ3n) is 6.94. The number of carboxylic acid groups (broad SMARTS) is 1. The number of amides is 2. The molecular formula is C27H32N2O5. The van der Waals surface area contributed by atoms with Gasteiger partial charge in [-0.3, -0.25) is 9.59 Å². The smallest absolute Gasteiger partial charge is 0.407 e. The number of hydrogen-bond acceptors (Lipinski definition) is 4. The van der Waals surface area contributed by atoms with Gasteiger partial charge in [0.2, 0.25) is 5.91 Å². The van der Waals surface area contributed by atoms with Gasteiger partial charge in [0.05, 0.1) is 6.42 Å². The van der Waals surface area contributed by atoms with Crippen LogP contribution in [0.1, 0.15) is 62.5 Å². The molecule has 2 aliphatic rings. The maximum absolute atomic E-state index is 12.9. The van der Waals surface area contributed by atoms with E-state index in [2.05, 4.69) is 29.6 Å². The SMILES string of the molecule is CC[C@@H](CC(=O)N1CCCC[C@@H]1CC(=O)O)NC(=O)OCC1c2ccccc2-c2ccccc21. The normalized spacial score (nSPS) is 18.0. The molecule has 0 spiro atoms. The van der Waals surface area contributed by atoms with Crippen molar-refractivity contribution in [2.75, 3.05) is 13.2 Å². The first-order valence-electron chi connectivity index (χ1n) is 12.1. The molecule has 0 bridgehead atoms. The van der Waals surface area contributed by atoms with E-state index in [0.29, 0.717) is 19.4 Å². The number of rotatable bonds is 8. The summed E-state index contributed by atoms with van der Waals surface area (Å²) < 4.78 is 5.62. The lowest BCUT2D eigenvalue weighted by molar-refractivity contribution is -0.142. The predicted octanol–water partition coefficient (Wildman–Crippen LogP) is 4.55. The van der Waals surface area contributed by atoms with Gasteiger partial charge in [0.25, 0.3) is 0 Å². The Bertz CT molecular complexity index is 1010. The Hall–Kier alpha value is -3.35. The molecule has 2 amide bonds. The molecule has 1 heterocycles.